The molecule has 1 fully saturated rings. The Bertz CT molecular complexity index is 665. The van der Waals surface area contributed by atoms with Gasteiger partial charge in [-0.05, 0) is 30.9 Å². The van der Waals surface area contributed by atoms with Gasteiger partial charge in [0.1, 0.15) is 5.82 Å². The number of benzene rings is 1. The van der Waals surface area contributed by atoms with Crippen molar-refractivity contribution in [1.29, 1.82) is 0 Å². The van der Waals surface area contributed by atoms with Crippen molar-refractivity contribution in [3.05, 3.63) is 30.1 Å². The van der Waals surface area contributed by atoms with Crippen LogP contribution >= 0.6 is 0 Å². The Hall–Kier alpha value is -2.04. The van der Waals surface area contributed by atoms with E-state index in [0.29, 0.717) is 6.54 Å². The first-order chi connectivity index (χ1) is 10.7. The summed E-state index contributed by atoms with van der Waals surface area (Å²) in [6.07, 6.45) is 2.49. The Morgan fingerprint density at radius 2 is 2.05 bits per heavy atom. The maximum atomic E-state index is 4.70. The Balaban J connectivity index is 1.68. The van der Waals surface area contributed by atoms with Crippen LogP contribution in [-0.4, -0.2) is 40.5 Å². The molecule has 1 N–H and O–H groups in total. The van der Waals surface area contributed by atoms with Gasteiger partial charge in [0, 0.05) is 27.2 Å². The number of aliphatic imine (C=N–C) groups is 1. The van der Waals surface area contributed by atoms with Crippen LogP contribution in [-0.2, 0) is 13.6 Å². The molecule has 2 heterocycles. The van der Waals surface area contributed by atoms with Crippen molar-refractivity contribution in [2.45, 2.75) is 26.3 Å². The lowest BCUT2D eigenvalue weighted by molar-refractivity contribution is 0.273. The number of likely N-dealkylation sites (tertiary alicyclic amines) is 1. The fourth-order valence-corrected chi connectivity index (χ4v) is 3.06. The summed E-state index contributed by atoms with van der Waals surface area (Å²) in [6.45, 7) is 5.20. The van der Waals surface area contributed by atoms with Gasteiger partial charge in [0.05, 0.1) is 17.6 Å². The molecule has 0 aliphatic carbocycles. The number of rotatable bonds is 2. The zero-order valence-corrected chi connectivity index (χ0v) is 13.7. The smallest absolute Gasteiger partial charge is 0.194 e. The second-order valence-corrected chi connectivity index (χ2v) is 6.15. The molecular weight excluding hydrogens is 274 g/mol. The monoisotopic (exact) mass is 299 g/mol. The molecule has 0 spiro atoms. The van der Waals surface area contributed by atoms with Crippen LogP contribution in [0.5, 0.6) is 0 Å². The fraction of sp³-hybridized carbons (Fsp3) is 0.529. The highest BCUT2D eigenvalue weighted by molar-refractivity contribution is 5.80. The summed E-state index contributed by atoms with van der Waals surface area (Å²) in [7, 11) is 3.92. The van der Waals surface area contributed by atoms with E-state index >= 15 is 0 Å². The minimum Gasteiger partial charge on any atom is -0.349 e. The SMILES string of the molecule is CN=C(NCc1nc2ccccc2n1C)N1CCC(C)CC1. The number of aromatic nitrogens is 2. The van der Waals surface area contributed by atoms with Gasteiger partial charge in [-0.1, -0.05) is 19.1 Å². The molecule has 2 aromatic rings. The summed E-state index contributed by atoms with van der Waals surface area (Å²) < 4.78 is 2.15. The predicted octanol–water partition coefficient (Wildman–Crippen LogP) is 2.38. The number of imidazole rings is 1. The molecule has 118 valence electrons. The summed E-state index contributed by atoms with van der Waals surface area (Å²) in [5.41, 5.74) is 2.21. The summed E-state index contributed by atoms with van der Waals surface area (Å²) in [4.78, 5) is 11.5. The molecule has 0 radical (unpaired) electrons. The van der Waals surface area contributed by atoms with E-state index in [-0.39, 0.29) is 0 Å². The normalized spacial score (nSPS) is 17.2. The molecule has 1 aliphatic heterocycles. The molecule has 0 amide bonds. The molecule has 1 aromatic heterocycles. The van der Waals surface area contributed by atoms with Gasteiger partial charge in [0.2, 0.25) is 0 Å². The van der Waals surface area contributed by atoms with Gasteiger partial charge in [-0.2, -0.15) is 0 Å². The number of nitrogens with one attached hydrogen (secondary N) is 1. The highest BCUT2D eigenvalue weighted by Crippen LogP contribution is 2.17. The molecule has 3 rings (SSSR count). The largest absolute Gasteiger partial charge is 0.349 e. The number of nitrogens with zero attached hydrogens (tertiary/aromatic N) is 4. The van der Waals surface area contributed by atoms with Crippen molar-refractivity contribution in [2.75, 3.05) is 20.1 Å². The lowest BCUT2D eigenvalue weighted by Gasteiger charge is -2.32. The van der Waals surface area contributed by atoms with Crippen molar-refractivity contribution >= 4 is 17.0 Å². The van der Waals surface area contributed by atoms with E-state index in [1.165, 1.54) is 18.4 Å². The number of piperidine rings is 1. The molecule has 1 aromatic carbocycles. The van der Waals surface area contributed by atoms with Crippen LogP contribution in [0.15, 0.2) is 29.3 Å². The van der Waals surface area contributed by atoms with E-state index in [0.717, 1.165) is 36.3 Å². The van der Waals surface area contributed by atoms with Crippen molar-refractivity contribution in [3.63, 3.8) is 0 Å². The first kappa shape index (κ1) is 14.9. The maximum absolute atomic E-state index is 4.70. The van der Waals surface area contributed by atoms with E-state index in [4.69, 9.17) is 4.98 Å². The van der Waals surface area contributed by atoms with E-state index < -0.39 is 0 Å². The van der Waals surface area contributed by atoms with Crippen molar-refractivity contribution in [2.24, 2.45) is 18.0 Å². The van der Waals surface area contributed by atoms with Gasteiger partial charge in [0.15, 0.2) is 5.96 Å². The van der Waals surface area contributed by atoms with E-state index in [1.807, 2.05) is 13.1 Å². The number of aryl methyl sites for hydroxylation is 1. The molecule has 1 saturated heterocycles. The average molecular weight is 299 g/mol. The number of hydrogen-bond acceptors (Lipinski definition) is 2. The van der Waals surface area contributed by atoms with Crippen LogP contribution in [0.1, 0.15) is 25.6 Å². The Labute approximate surface area is 132 Å². The highest BCUT2D eigenvalue weighted by atomic mass is 15.3. The van der Waals surface area contributed by atoms with E-state index in [2.05, 4.69) is 51.9 Å². The van der Waals surface area contributed by atoms with Crippen LogP contribution in [0.2, 0.25) is 0 Å². The van der Waals surface area contributed by atoms with Crippen LogP contribution < -0.4 is 5.32 Å². The quantitative estimate of drug-likeness (QED) is 0.684. The molecule has 5 nitrogen and oxygen atoms in total. The van der Waals surface area contributed by atoms with E-state index in [1.54, 1.807) is 0 Å². The lowest BCUT2D eigenvalue weighted by atomic mass is 10.00. The third-order valence-corrected chi connectivity index (χ3v) is 4.58. The standard InChI is InChI=1S/C17H25N5/c1-13-8-10-22(11-9-13)17(18-2)19-12-16-20-14-6-4-5-7-15(14)21(16)3/h4-7,13H,8-12H2,1-3H3,(H,18,19). The van der Waals surface area contributed by atoms with Crippen LogP contribution in [0.25, 0.3) is 11.0 Å². The van der Waals surface area contributed by atoms with Gasteiger partial charge in [0.25, 0.3) is 0 Å². The summed E-state index contributed by atoms with van der Waals surface area (Å²) in [5.74, 6) is 2.85. The van der Waals surface area contributed by atoms with Crippen molar-refractivity contribution in [3.8, 4) is 0 Å². The fourth-order valence-electron chi connectivity index (χ4n) is 3.06. The third kappa shape index (κ3) is 2.93. The van der Waals surface area contributed by atoms with Gasteiger partial charge in [-0.15, -0.1) is 0 Å². The Kier molecular flexibility index (Phi) is 4.32. The predicted molar refractivity (Wildman–Crippen MR) is 90.9 cm³/mol. The summed E-state index contributed by atoms with van der Waals surface area (Å²) in [5, 5.41) is 3.46. The first-order valence-corrected chi connectivity index (χ1v) is 8.05. The second kappa shape index (κ2) is 6.38. The molecule has 0 bridgehead atoms. The molecule has 0 atom stereocenters. The van der Waals surface area contributed by atoms with Gasteiger partial charge in [-0.25, -0.2) is 4.98 Å². The van der Waals surface area contributed by atoms with Crippen LogP contribution in [0, 0.1) is 5.92 Å². The Morgan fingerprint density at radius 3 is 2.73 bits per heavy atom. The third-order valence-electron chi connectivity index (χ3n) is 4.58. The number of para-hydroxylation sites is 2. The molecule has 5 heteroatoms. The van der Waals surface area contributed by atoms with Crippen LogP contribution in [0.4, 0.5) is 0 Å². The highest BCUT2D eigenvalue weighted by Gasteiger charge is 2.18. The topological polar surface area (TPSA) is 45.5 Å². The zero-order chi connectivity index (χ0) is 15.5. The molecule has 0 unspecified atom stereocenters. The number of guanidine groups is 1. The summed E-state index contributed by atoms with van der Waals surface area (Å²) in [6, 6.07) is 8.24. The molecule has 22 heavy (non-hydrogen) atoms. The maximum Gasteiger partial charge on any atom is 0.194 e. The van der Waals surface area contributed by atoms with Gasteiger partial charge < -0.3 is 14.8 Å². The number of hydrogen-bond donors (Lipinski definition) is 1. The minimum atomic E-state index is 0.698. The molecule has 1 aliphatic rings. The second-order valence-electron chi connectivity index (χ2n) is 6.15. The average Bonchev–Trinajstić information content (AvgIpc) is 2.86. The number of fused-ring (bicyclic) bond motifs is 1. The van der Waals surface area contributed by atoms with Gasteiger partial charge in [-0.3, -0.25) is 4.99 Å². The van der Waals surface area contributed by atoms with Crippen molar-refractivity contribution in [1.82, 2.24) is 19.8 Å². The zero-order valence-electron chi connectivity index (χ0n) is 13.7. The Morgan fingerprint density at radius 1 is 1.32 bits per heavy atom. The first-order valence-electron chi connectivity index (χ1n) is 8.05. The summed E-state index contributed by atoms with van der Waals surface area (Å²) >= 11 is 0. The molecule has 0 saturated carbocycles. The van der Waals surface area contributed by atoms with Gasteiger partial charge >= 0.3 is 0 Å². The van der Waals surface area contributed by atoms with E-state index in [9.17, 15) is 0 Å². The molecular formula is C17H25N5. The minimum absolute atomic E-state index is 0.698. The van der Waals surface area contributed by atoms with Crippen molar-refractivity contribution < 1.29 is 0 Å². The van der Waals surface area contributed by atoms with Crippen LogP contribution in [0.3, 0.4) is 0 Å². The lowest BCUT2D eigenvalue weighted by Crippen LogP contribution is -2.45.